The van der Waals surface area contributed by atoms with E-state index < -0.39 is 0 Å². The first-order chi connectivity index (χ1) is 23.2. The smallest absolute Gasteiger partial charge is 0.143 e. The molecule has 0 aliphatic carbocycles. The van der Waals surface area contributed by atoms with Crippen LogP contribution in [0.2, 0.25) is 0 Å². The van der Waals surface area contributed by atoms with Crippen LogP contribution in [0.25, 0.3) is 85.9 Å². The molecule has 1 nitrogen and oxygen atoms in total. The molecular weight excluding hydrogens is 591 g/mol. The number of hydrogen-bond donors (Lipinski definition) is 0. The quantitative estimate of drug-likeness (QED) is 0.217. The van der Waals surface area contributed by atoms with E-state index in [-0.39, 0.29) is 43.7 Å². The first-order valence-corrected chi connectivity index (χ1v) is 16.1. The highest BCUT2D eigenvalue weighted by Gasteiger charge is 2.27. The van der Waals surface area contributed by atoms with Gasteiger partial charge in [0.25, 0.3) is 0 Å². The molecule has 9 rings (SSSR count). The van der Waals surface area contributed by atoms with Gasteiger partial charge in [0.2, 0.25) is 0 Å². The van der Waals surface area contributed by atoms with Crippen LogP contribution in [0.4, 0.5) is 0 Å². The summed E-state index contributed by atoms with van der Waals surface area (Å²) >= 11 is 1.67. The van der Waals surface area contributed by atoms with E-state index in [2.05, 4.69) is 18.2 Å². The van der Waals surface area contributed by atoms with Gasteiger partial charge in [0, 0.05) is 42.1 Å². The maximum Gasteiger partial charge on any atom is 0.143 e. The number of furan rings is 1. The highest BCUT2D eigenvalue weighted by Crippen LogP contribution is 2.47. The molecule has 10 heteroatoms. The zero-order valence-electron chi connectivity index (χ0n) is 25.5. The Morgan fingerprint density at radius 2 is 0.854 bits per heavy atom. The van der Waals surface area contributed by atoms with E-state index in [1.54, 1.807) is 11.3 Å². The van der Waals surface area contributed by atoms with Crippen LogP contribution in [0.5, 0.6) is 0 Å². The predicted octanol–water partition coefficient (Wildman–Crippen LogP) is 1.94. The number of thiophene rings is 1. The van der Waals surface area contributed by atoms with Crippen molar-refractivity contribution in [2.24, 2.45) is 0 Å². The fourth-order valence-corrected chi connectivity index (χ4v) is 8.60. The Balaban J connectivity index is 1.61. The highest BCUT2D eigenvalue weighted by molar-refractivity contribution is 7.26. The molecule has 0 spiro atoms. The molecule has 2 heterocycles. The lowest BCUT2D eigenvalue weighted by molar-refractivity contribution is 0.670. The van der Waals surface area contributed by atoms with Crippen molar-refractivity contribution in [3.05, 3.63) is 84.9 Å². The number of fused-ring (bicyclic) bond motifs is 8. The van der Waals surface area contributed by atoms with Crippen molar-refractivity contribution in [3.63, 3.8) is 0 Å². The number of hydrogen-bond acceptors (Lipinski definition) is 2. The van der Waals surface area contributed by atoms with Gasteiger partial charge >= 0.3 is 0 Å². The number of para-hydroxylation sites is 2. The molecule has 202 valence electrons. The molecule has 48 heavy (non-hydrogen) atoms. The standard InChI is InChI=1S/C38H14B8OS/c39-29-25-23(19-11-5-9-17-15-7-1-3-13-21(15)47-37(17)19)26-28(32(42)36(46)34(44)30(26)40)24(27(25)31(41)35(45)33(29)43)20-12-6-10-18-16-8-2-4-14-22(16)48-38(18)20/h1-14H. The van der Waals surface area contributed by atoms with Gasteiger partial charge in [-0.2, -0.15) is 0 Å². The van der Waals surface area contributed by atoms with Crippen LogP contribution in [-0.4, -0.2) is 62.8 Å². The summed E-state index contributed by atoms with van der Waals surface area (Å²) < 4.78 is 8.69. The Hall–Kier alpha value is -4.40. The van der Waals surface area contributed by atoms with Crippen LogP contribution in [-0.2, 0) is 0 Å². The maximum absolute atomic E-state index is 7.00. The molecule has 0 amide bonds. The van der Waals surface area contributed by atoms with E-state index in [9.17, 15) is 0 Å². The van der Waals surface area contributed by atoms with Crippen molar-refractivity contribution in [1.82, 2.24) is 0 Å². The minimum atomic E-state index is 0.165. The van der Waals surface area contributed by atoms with Crippen molar-refractivity contribution in [2.75, 3.05) is 0 Å². The van der Waals surface area contributed by atoms with Gasteiger partial charge < -0.3 is 4.42 Å². The largest absolute Gasteiger partial charge is 0.455 e. The van der Waals surface area contributed by atoms with Crippen molar-refractivity contribution >= 4 is 181 Å². The lowest BCUT2D eigenvalue weighted by Crippen LogP contribution is -2.50. The summed E-state index contributed by atoms with van der Waals surface area (Å²) in [6.45, 7) is 0. The molecule has 7 aromatic carbocycles. The lowest BCUT2D eigenvalue weighted by atomic mass is 9.59. The second-order valence-corrected chi connectivity index (χ2v) is 13.2. The van der Waals surface area contributed by atoms with Crippen molar-refractivity contribution in [2.45, 2.75) is 0 Å². The normalized spacial score (nSPS) is 12.0. The number of rotatable bonds is 2. The fourth-order valence-electron chi connectivity index (χ4n) is 7.37. The Morgan fingerprint density at radius 3 is 1.46 bits per heavy atom. The Kier molecular flexibility index (Phi) is 6.53. The van der Waals surface area contributed by atoms with Crippen LogP contribution in [0.15, 0.2) is 89.3 Å². The van der Waals surface area contributed by atoms with Gasteiger partial charge in [-0.25, -0.2) is 0 Å². The van der Waals surface area contributed by atoms with E-state index in [4.69, 9.17) is 67.2 Å². The van der Waals surface area contributed by atoms with E-state index in [1.807, 2.05) is 66.7 Å². The minimum Gasteiger partial charge on any atom is -0.455 e. The van der Waals surface area contributed by atoms with E-state index in [0.717, 1.165) is 42.1 Å². The molecule has 0 aliphatic rings. The molecule has 2 aromatic heterocycles. The molecule has 0 atom stereocenters. The second-order valence-electron chi connectivity index (χ2n) is 12.1. The second kappa shape index (κ2) is 10.5. The summed E-state index contributed by atoms with van der Waals surface area (Å²) in [5, 5.41) is 6.36. The summed E-state index contributed by atoms with van der Waals surface area (Å²) in [5.41, 5.74) is 5.93. The summed E-state index contributed by atoms with van der Waals surface area (Å²) in [5.74, 6) is 0. The third-order valence-corrected chi connectivity index (χ3v) is 10.9. The van der Waals surface area contributed by atoms with Crippen LogP contribution in [0.1, 0.15) is 0 Å². The average molecular weight is 605 g/mol. The third kappa shape index (κ3) is 3.84. The van der Waals surface area contributed by atoms with Gasteiger partial charge in [0.15, 0.2) is 0 Å². The topological polar surface area (TPSA) is 13.1 Å². The van der Waals surface area contributed by atoms with Crippen LogP contribution < -0.4 is 43.7 Å². The molecule has 0 unspecified atom stereocenters. The van der Waals surface area contributed by atoms with Crippen molar-refractivity contribution in [3.8, 4) is 22.3 Å². The first-order valence-electron chi connectivity index (χ1n) is 15.3. The monoisotopic (exact) mass is 606 g/mol. The Bertz CT molecular complexity index is 2610. The molecule has 0 N–H and O–H groups in total. The minimum absolute atomic E-state index is 0.165. The van der Waals surface area contributed by atoms with Crippen LogP contribution in [0, 0.1) is 0 Å². The third-order valence-electron chi connectivity index (χ3n) is 9.67. The molecule has 0 saturated heterocycles. The highest BCUT2D eigenvalue weighted by atomic mass is 32.1. The van der Waals surface area contributed by atoms with E-state index in [0.29, 0.717) is 43.8 Å². The SMILES string of the molecule is [B]c1c([B])c([B])c2c(-c3cccc4c3sc3ccccc34)c3c([B])c([B])c([B])c([B])c3c(-c3cccc4c3oc3ccccc34)c2c1[B]. The molecule has 0 aliphatic heterocycles. The molecular formula is C38H14B8OS. The number of benzene rings is 7. The molecule has 9 aromatic rings. The van der Waals surface area contributed by atoms with E-state index in [1.165, 1.54) is 0 Å². The Morgan fingerprint density at radius 1 is 0.396 bits per heavy atom. The summed E-state index contributed by atoms with van der Waals surface area (Å²) in [6.07, 6.45) is 0. The van der Waals surface area contributed by atoms with E-state index >= 15 is 0 Å². The average Bonchev–Trinajstić information content (AvgIpc) is 3.69. The van der Waals surface area contributed by atoms with Crippen molar-refractivity contribution < 1.29 is 4.42 Å². The van der Waals surface area contributed by atoms with Gasteiger partial charge in [-0.3, -0.25) is 0 Å². The van der Waals surface area contributed by atoms with Gasteiger partial charge in [-0.05, 0) is 44.8 Å². The zero-order chi connectivity index (χ0) is 33.2. The predicted molar refractivity (Wildman–Crippen MR) is 216 cm³/mol. The zero-order valence-corrected chi connectivity index (χ0v) is 26.3. The molecule has 16 radical (unpaired) electrons. The van der Waals surface area contributed by atoms with Crippen LogP contribution in [0.3, 0.4) is 0 Å². The molecule has 0 saturated carbocycles. The van der Waals surface area contributed by atoms with Gasteiger partial charge in [0.05, 0.1) is 0 Å². The fraction of sp³-hybridized carbons (Fsp3) is 0. The Labute approximate surface area is 291 Å². The molecule has 0 bridgehead atoms. The van der Waals surface area contributed by atoms with Gasteiger partial charge in [-0.1, -0.05) is 94.6 Å². The summed E-state index contributed by atoms with van der Waals surface area (Å²) in [4.78, 5) is 0. The van der Waals surface area contributed by atoms with Crippen molar-refractivity contribution in [1.29, 1.82) is 0 Å². The summed E-state index contributed by atoms with van der Waals surface area (Å²) in [7, 11) is 54.5. The van der Waals surface area contributed by atoms with Gasteiger partial charge in [0.1, 0.15) is 73.9 Å². The molecule has 0 fully saturated rings. The first kappa shape index (κ1) is 29.7. The maximum atomic E-state index is 7.00. The summed E-state index contributed by atoms with van der Waals surface area (Å²) in [6, 6.07) is 28.2. The lowest BCUT2D eigenvalue weighted by Gasteiger charge is -2.28. The van der Waals surface area contributed by atoms with Gasteiger partial charge in [-0.15, -0.1) is 33.2 Å². The van der Waals surface area contributed by atoms with Crippen LogP contribution >= 0.6 is 11.3 Å².